The Hall–Kier alpha value is -3.33. The standard InChI is InChI=1S/C20H18N4O4S/c1-11-14(19(27)22-12(2)21-11)7-8-18(26)28-10-13-9-17(25)24-15-5-3-4-6-16(15)29-20(24)23-13/h3-6,9H,7-8,10H2,1-2H3,(H,21,22,27). The van der Waals surface area contributed by atoms with Gasteiger partial charge in [0, 0.05) is 23.7 Å². The SMILES string of the molecule is Cc1nc(C)c(CCC(=O)OCc2cc(=O)n3c(n2)sc2ccccc23)c(=O)[nH]1. The minimum atomic E-state index is -0.470. The van der Waals surface area contributed by atoms with E-state index in [0.717, 1.165) is 10.2 Å². The van der Waals surface area contributed by atoms with E-state index in [1.165, 1.54) is 17.4 Å². The van der Waals surface area contributed by atoms with Crippen molar-refractivity contribution < 1.29 is 9.53 Å². The number of carbonyl (C=O) groups excluding carboxylic acids is 1. The lowest BCUT2D eigenvalue weighted by molar-refractivity contribution is -0.145. The summed E-state index contributed by atoms with van der Waals surface area (Å²) >= 11 is 1.40. The summed E-state index contributed by atoms with van der Waals surface area (Å²) in [6.45, 7) is 3.34. The molecule has 0 aliphatic heterocycles. The normalized spacial score (nSPS) is 11.2. The topological polar surface area (TPSA) is 106 Å². The van der Waals surface area contributed by atoms with E-state index >= 15 is 0 Å². The molecule has 3 heterocycles. The van der Waals surface area contributed by atoms with E-state index in [2.05, 4.69) is 15.0 Å². The van der Waals surface area contributed by atoms with Crippen molar-refractivity contribution in [3.05, 3.63) is 73.8 Å². The molecule has 0 spiro atoms. The fraction of sp³-hybridized carbons (Fsp3) is 0.250. The first kappa shape index (κ1) is 19.0. The molecule has 0 atom stereocenters. The van der Waals surface area contributed by atoms with Crippen LogP contribution in [0.4, 0.5) is 0 Å². The molecule has 9 heteroatoms. The Morgan fingerprint density at radius 2 is 2.00 bits per heavy atom. The Morgan fingerprint density at radius 3 is 2.79 bits per heavy atom. The molecule has 3 aromatic heterocycles. The molecule has 0 amide bonds. The molecule has 4 rings (SSSR count). The maximum absolute atomic E-state index is 12.5. The van der Waals surface area contributed by atoms with Gasteiger partial charge in [0.2, 0.25) is 0 Å². The number of rotatable bonds is 5. The molecule has 0 saturated carbocycles. The zero-order chi connectivity index (χ0) is 20.5. The van der Waals surface area contributed by atoms with Crippen molar-refractivity contribution in [2.75, 3.05) is 0 Å². The van der Waals surface area contributed by atoms with Gasteiger partial charge in [-0.05, 0) is 32.4 Å². The molecule has 0 aliphatic carbocycles. The summed E-state index contributed by atoms with van der Waals surface area (Å²) < 4.78 is 7.76. The molecule has 4 aromatic rings. The van der Waals surface area contributed by atoms with E-state index in [4.69, 9.17) is 4.74 Å². The number of aromatic amines is 1. The molecule has 0 bridgehead atoms. The Kier molecular flexibility index (Phi) is 4.98. The first-order valence-electron chi connectivity index (χ1n) is 9.04. The quantitative estimate of drug-likeness (QED) is 0.506. The second-order valence-electron chi connectivity index (χ2n) is 6.65. The summed E-state index contributed by atoms with van der Waals surface area (Å²) in [5.41, 5.74) is 1.81. The average molecular weight is 410 g/mol. The van der Waals surface area contributed by atoms with Crippen molar-refractivity contribution in [2.24, 2.45) is 0 Å². The van der Waals surface area contributed by atoms with Gasteiger partial charge in [-0.3, -0.25) is 18.8 Å². The van der Waals surface area contributed by atoms with Gasteiger partial charge in [0.15, 0.2) is 4.96 Å². The van der Waals surface area contributed by atoms with Crippen molar-refractivity contribution in [1.82, 2.24) is 19.4 Å². The third kappa shape index (κ3) is 3.81. The third-order valence-electron chi connectivity index (χ3n) is 4.55. The maximum Gasteiger partial charge on any atom is 0.306 e. The highest BCUT2D eigenvalue weighted by molar-refractivity contribution is 7.23. The minimum Gasteiger partial charge on any atom is -0.459 e. The van der Waals surface area contributed by atoms with Crippen LogP contribution in [0.3, 0.4) is 0 Å². The van der Waals surface area contributed by atoms with E-state index in [1.807, 2.05) is 24.3 Å². The molecule has 0 radical (unpaired) electrons. The Labute approximate surface area is 168 Å². The summed E-state index contributed by atoms with van der Waals surface area (Å²) in [7, 11) is 0. The van der Waals surface area contributed by atoms with E-state index in [1.54, 1.807) is 18.2 Å². The summed E-state index contributed by atoms with van der Waals surface area (Å²) in [6.07, 6.45) is 0.275. The molecule has 1 N–H and O–H groups in total. The number of aromatic nitrogens is 4. The van der Waals surface area contributed by atoms with Crippen LogP contribution in [0.2, 0.25) is 0 Å². The highest BCUT2D eigenvalue weighted by atomic mass is 32.1. The number of nitrogens with zero attached hydrogens (tertiary/aromatic N) is 3. The molecular weight excluding hydrogens is 392 g/mol. The Balaban J connectivity index is 1.46. The fourth-order valence-corrected chi connectivity index (χ4v) is 4.25. The predicted octanol–water partition coefficient (Wildman–Crippen LogP) is 2.29. The highest BCUT2D eigenvalue weighted by Crippen LogP contribution is 2.23. The van der Waals surface area contributed by atoms with E-state index in [-0.39, 0.29) is 30.6 Å². The molecule has 0 saturated heterocycles. The predicted molar refractivity (Wildman–Crippen MR) is 109 cm³/mol. The number of nitrogens with one attached hydrogen (secondary N) is 1. The van der Waals surface area contributed by atoms with Crippen LogP contribution in [-0.2, 0) is 22.6 Å². The van der Waals surface area contributed by atoms with Gasteiger partial charge in [-0.25, -0.2) is 9.97 Å². The lowest BCUT2D eigenvalue weighted by Gasteiger charge is -2.06. The van der Waals surface area contributed by atoms with Crippen LogP contribution in [0.5, 0.6) is 0 Å². The number of hydrogen-bond donors (Lipinski definition) is 1. The van der Waals surface area contributed by atoms with Gasteiger partial charge in [-0.15, -0.1) is 0 Å². The van der Waals surface area contributed by atoms with Gasteiger partial charge in [0.1, 0.15) is 12.4 Å². The second kappa shape index (κ2) is 7.59. The molecule has 8 nitrogen and oxygen atoms in total. The second-order valence-corrected chi connectivity index (χ2v) is 7.66. The van der Waals surface area contributed by atoms with Crippen molar-refractivity contribution in [2.45, 2.75) is 33.3 Å². The van der Waals surface area contributed by atoms with Crippen LogP contribution in [0.25, 0.3) is 15.2 Å². The number of hydrogen-bond acceptors (Lipinski definition) is 7. The van der Waals surface area contributed by atoms with Crippen LogP contribution in [0.15, 0.2) is 39.9 Å². The number of H-pyrrole nitrogens is 1. The van der Waals surface area contributed by atoms with Crippen molar-refractivity contribution in [3.63, 3.8) is 0 Å². The number of ether oxygens (including phenoxy) is 1. The minimum absolute atomic E-state index is 0.0405. The molecule has 0 aliphatic rings. The lowest BCUT2D eigenvalue weighted by Crippen LogP contribution is -2.19. The van der Waals surface area contributed by atoms with E-state index < -0.39 is 5.97 Å². The van der Waals surface area contributed by atoms with Crippen LogP contribution >= 0.6 is 11.3 Å². The van der Waals surface area contributed by atoms with E-state index in [0.29, 0.717) is 27.7 Å². The van der Waals surface area contributed by atoms with Crippen LogP contribution in [0, 0.1) is 13.8 Å². The summed E-state index contributed by atoms with van der Waals surface area (Å²) in [5, 5.41) is 0. The van der Waals surface area contributed by atoms with Gasteiger partial charge >= 0.3 is 5.97 Å². The molecule has 0 unspecified atom stereocenters. The first-order valence-corrected chi connectivity index (χ1v) is 9.86. The lowest BCUT2D eigenvalue weighted by atomic mass is 10.1. The van der Waals surface area contributed by atoms with Crippen LogP contribution in [0.1, 0.15) is 29.2 Å². The van der Waals surface area contributed by atoms with Gasteiger partial charge in [-0.2, -0.15) is 0 Å². The average Bonchev–Trinajstić information content (AvgIpc) is 3.04. The molecule has 1 aromatic carbocycles. The van der Waals surface area contributed by atoms with Gasteiger partial charge in [0.05, 0.1) is 15.9 Å². The summed E-state index contributed by atoms with van der Waals surface area (Å²) in [5.74, 6) is 0.0653. The smallest absolute Gasteiger partial charge is 0.306 e. The molecule has 0 fully saturated rings. The van der Waals surface area contributed by atoms with Crippen LogP contribution < -0.4 is 11.1 Å². The number of esters is 1. The number of para-hydroxylation sites is 1. The van der Waals surface area contributed by atoms with Gasteiger partial charge < -0.3 is 9.72 Å². The monoisotopic (exact) mass is 410 g/mol. The van der Waals surface area contributed by atoms with E-state index in [9.17, 15) is 14.4 Å². The number of aryl methyl sites for hydroxylation is 2. The largest absolute Gasteiger partial charge is 0.459 e. The molecule has 148 valence electrons. The van der Waals surface area contributed by atoms with Crippen molar-refractivity contribution >= 4 is 32.5 Å². The van der Waals surface area contributed by atoms with Gasteiger partial charge in [0.25, 0.3) is 11.1 Å². The summed E-state index contributed by atoms with van der Waals surface area (Å²) in [4.78, 5) is 48.4. The zero-order valence-corrected chi connectivity index (χ0v) is 16.7. The molecule has 29 heavy (non-hydrogen) atoms. The fourth-order valence-electron chi connectivity index (χ4n) is 3.20. The number of benzene rings is 1. The molecular formula is C20H18N4O4S. The Morgan fingerprint density at radius 1 is 1.21 bits per heavy atom. The van der Waals surface area contributed by atoms with Crippen LogP contribution in [-0.4, -0.2) is 25.3 Å². The first-order chi connectivity index (χ1) is 13.9. The number of thiazole rings is 1. The number of carbonyl (C=O) groups is 1. The Bertz CT molecular complexity index is 1350. The number of fused-ring (bicyclic) bond motifs is 3. The third-order valence-corrected chi connectivity index (χ3v) is 5.57. The summed E-state index contributed by atoms with van der Waals surface area (Å²) in [6, 6.07) is 8.94. The maximum atomic E-state index is 12.5. The van der Waals surface area contributed by atoms with Gasteiger partial charge in [-0.1, -0.05) is 23.5 Å². The highest BCUT2D eigenvalue weighted by Gasteiger charge is 2.13. The van der Waals surface area contributed by atoms with Crippen molar-refractivity contribution in [1.29, 1.82) is 0 Å². The van der Waals surface area contributed by atoms with Crippen molar-refractivity contribution in [3.8, 4) is 0 Å². The zero-order valence-electron chi connectivity index (χ0n) is 15.9.